The Kier molecular flexibility index (Phi) is 4.64. The molecule has 0 amide bonds. The molecule has 0 spiro atoms. The average molecular weight is 389 g/mol. The van der Waals surface area contributed by atoms with E-state index >= 15 is 0 Å². The van der Waals surface area contributed by atoms with Crippen LogP contribution in [0.5, 0.6) is 0 Å². The molecule has 154 valence electrons. The average Bonchev–Trinajstić information content (AvgIpc) is 2.73. The van der Waals surface area contributed by atoms with Crippen LogP contribution in [0.2, 0.25) is 0 Å². The second kappa shape index (κ2) is 7.07. The van der Waals surface area contributed by atoms with Crippen molar-refractivity contribution in [1.29, 1.82) is 0 Å². The molecule has 3 aliphatic heterocycles. The van der Waals surface area contributed by atoms with Gasteiger partial charge < -0.3 is 9.80 Å². The number of nitrogens with zero attached hydrogens (tertiary/aromatic N) is 2. The molecule has 2 nitrogen and oxygen atoms in total. The molecule has 0 radical (unpaired) electrons. The molecule has 3 heterocycles. The minimum absolute atomic E-state index is 0.0410. The molecule has 2 aromatic rings. The number of rotatable bonds is 3. The fourth-order valence-electron chi connectivity index (χ4n) is 6.40. The van der Waals surface area contributed by atoms with Crippen LogP contribution in [0.25, 0.3) is 0 Å². The highest BCUT2D eigenvalue weighted by atomic mass is 15.1. The Bertz CT molecular complexity index is 891. The summed E-state index contributed by atoms with van der Waals surface area (Å²) in [6, 6.07) is 9.81. The lowest BCUT2D eigenvalue weighted by Gasteiger charge is -2.41. The minimum atomic E-state index is 0.0410. The van der Waals surface area contributed by atoms with Crippen LogP contribution >= 0.6 is 0 Å². The summed E-state index contributed by atoms with van der Waals surface area (Å²) in [5, 5.41) is 0. The van der Waals surface area contributed by atoms with Gasteiger partial charge in [-0.05, 0) is 78.3 Å². The highest BCUT2D eigenvalue weighted by molar-refractivity contribution is 5.70. The van der Waals surface area contributed by atoms with Gasteiger partial charge in [0.1, 0.15) is 0 Å². The van der Waals surface area contributed by atoms with E-state index in [2.05, 4.69) is 61.9 Å². The van der Waals surface area contributed by atoms with Crippen LogP contribution < -0.4 is 9.80 Å². The van der Waals surface area contributed by atoms with Crippen LogP contribution in [0, 0.1) is 0 Å². The molecule has 0 atom stereocenters. The van der Waals surface area contributed by atoms with Crippen molar-refractivity contribution in [1.82, 2.24) is 0 Å². The number of hydrogen-bond donors (Lipinski definition) is 0. The second-order valence-corrected chi connectivity index (χ2v) is 9.90. The summed E-state index contributed by atoms with van der Waals surface area (Å²) in [7, 11) is 2.29. The first-order chi connectivity index (χ1) is 14.0. The first kappa shape index (κ1) is 19.0. The Labute approximate surface area is 176 Å². The molecule has 0 fully saturated rings. The molecule has 3 aliphatic rings. The largest absolute Gasteiger partial charge is 0.374 e. The summed E-state index contributed by atoms with van der Waals surface area (Å²) in [5.74, 6) is 0. The molecule has 0 N–H and O–H groups in total. The second-order valence-electron chi connectivity index (χ2n) is 9.90. The van der Waals surface area contributed by atoms with Crippen molar-refractivity contribution in [2.24, 2.45) is 0 Å². The molecule has 0 bridgehead atoms. The summed E-state index contributed by atoms with van der Waals surface area (Å²) < 4.78 is 0. The minimum Gasteiger partial charge on any atom is -0.374 e. The number of anilines is 2. The number of benzene rings is 2. The van der Waals surface area contributed by atoms with E-state index in [1.54, 1.807) is 33.5 Å². The van der Waals surface area contributed by atoms with Crippen LogP contribution in [0.4, 0.5) is 11.4 Å². The monoisotopic (exact) mass is 388 g/mol. The predicted molar refractivity (Wildman–Crippen MR) is 125 cm³/mol. The van der Waals surface area contributed by atoms with Crippen molar-refractivity contribution in [3.05, 3.63) is 57.6 Å². The summed E-state index contributed by atoms with van der Waals surface area (Å²) in [6.07, 6.45) is 8.72. The van der Waals surface area contributed by atoms with Gasteiger partial charge in [-0.2, -0.15) is 0 Å². The molecule has 0 saturated heterocycles. The van der Waals surface area contributed by atoms with Gasteiger partial charge in [0, 0.05) is 43.5 Å². The maximum Gasteiger partial charge on any atom is 0.0434 e. The van der Waals surface area contributed by atoms with Gasteiger partial charge in [0.2, 0.25) is 0 Å². The van der Waals surface area contributed by atoms with Gasteiger partial charge in [-0.15, -0.1) is 0 Å². The van der Waals surface area contributed by atoms with Crippen molar-refractivity contribution < 1.29 is 0 Å². The predicted octanol–water partition coefficient (Wildman–Crippen LogP) is 5.66. The lowest BCUT2D eigenvalue weighted by atomic mass is 9.70. The summed E-state index contributed by atoms with van der Waals surface area (Å²) in [6.45, 7) is 10.9. The van der Waals surface area contributed by atoms with E-state index in [0.29, 0.717) is 0 Å². The first-order valence-electron chi connectivity index (χ1n) is 11.8. The zero-order valence-electron chi connectivity index (χ0n) is 18.8. The molecule has 0 aliphatic carbocycles. The third-order valence-corrected chi connectivity index (χ3v) is 7.81. The summed E-state index contributed by atoms with van der Waals surface area (Å²) in [4.78, 5) is 5.19. The number of hydrogen-bond acceptors (Lipinski definition) is 2. The third-order valence-electron chi connectivity index (χ3n) is 7.81. The highest BCUT2D eigenvalue weighted by Gasteiger charge is 2.35. The van der Waals surface area contributed by atoms with Gasteiger partial charge in [-0.1, -0.05) is 45.0 Å². The molecule has 2 aromatic carbocycles. The Hall–Kier alpha value is -1.96. The topological polar surface area (TPSA) is 6.48 Å². The molecular weight excluding hydrogens is 352 g/mol. The van der Waals surface area contributed by atoms with Crippen LogP contribution in [-0.2, 0) is 31.1 Å². The Morgan fingerprint density at radius 2 is 1.41 bits per heavy atom. The maximum atomic E-state index is 2.68. The van der Waals surface area contributed by atoms with E-state index in [0.717, 1.165) is 6.42 Å². The van der Waals surface area contributed by atoms with Crippen molar-refractivity contribution in [2.75, 3.05) is 36.5 Å². The molecule has 29 heavy (non-hydrogen) atoms. The van der Waals surface area contributed by atoms with E-state index in [4.69, 9.17) is 0 Å². The van der Waals surface area contributed by atoms with Crippen molar-refractivity contribution in [2.45, 2.75) is 71.1 Å². The van der Waals surface area contributed by atoms with Gasteiger partial charge in [-0.3, -0.25) is 0 Å². The van der Waals surface area contributed by atoms with Crippen LogP contribution in [0.3, 0.4) is 0 Å². The van der Waals surface area contributed by atoms with Crippen molar-refractivity contribution >= 4 is 11.4 Å². The maximum absolute atomic E-state index is 2.68. The van der Waals surface area contributed by atoms with E-state index in [9.17, 15) is 0 Å². The number of aryl methyl sites for hydroxylation is 2. The smallest absolute Gasteiger partial charge is 0.0434 e. The molecule has 5 rings (SSSR count). The van der Waals surface area contributed by atoms with Crippen molar-refractivity contribution in [3.8, 4) is 0 Å². The quantitative estimate of drug-likeness (QED) is 0.670. The van der Waals surface area contributed by atoms with Gasteiger partial charge in [0.05, 0.1) is 0 Å². The fourth-order valence-corrected chi connectivity index (χ4v) is 6.40. The van der Waals surface area contributed by atoms with E-state index < -0.39 is 0 Å². The first-order valence-corrected chi connectivity index (χ1v) is 11.8. The Morgan fingerprint density at radius 3 is 2.14 bits per heavy atom. The summed E-state index contributed by atoms with van der Waals surface area (Å²) >= 11 is 0. The van der Waals surface area contributed by atoms with Gasteiger partial charge >= 0.3 is 0 Å². The highest BCUT2D eigenvalue weighted by Crippen LogP contribution is 2.46. The van der Waals surface area contributed by atoms with Crippen LogP contribution in [0.1, 0.15) is 73.4 Å². The third kappa shape index (κ3) is 2.90. The molecule has 0 saturated carbocycles. The fraction of sp³-hybridized carbons (Fsp3) is 0.556. The van der Waals surface area contributed by atoms with E-state index in [1.165, 1.54) is 69.4 Å². The van der Waals surface area contributed by atoms with Crippen LogP contribution in [-0.4, -0.2) is 26.7 Å². The zero-order valence-corrected chi connectivity index (χ0v) is 18.8. The van der Waals surface area contributed by atoms with Gasteiger partial charge in [0.15, 0.2) is 0 Å². The molecule has 0 unspecified atom stereocenters. The lowest BCUT2D eigenvalue weighted by Crippen LogP contribution is -2.36. The molecule has 0 aromatic heterocycles. The molecule has 2 heteroatoms. The Morgan fingerprint density at radius 1 is 0.793 bits per heavy atom. The van der Waals surface area contributed by atoms with Crippen molar-refractivity contribution in [3.63, 3.8) is 0 Å². The normalized spacial score (nSPS) is 18.5. The van der Waals surface area contributed by atoms with E-state index in [1.807, 2.05) is 0 Å². The van der Waals surface area contributed by atoms with Gasteiger partial charge in [-0.25, -0.2) is 0 Å². The standard InChI is InChI=1S/C27H36N2/c1-5-19-12-14-23(21-10-7-16-28(4)25(19)21)27(2,3)24-15-13-20-9-6-17-29-18-8-11-22(24)26(20)29/h12-15H,5-11,16-18H2,1-4H3. The van der Waals surface area contributed by atoms with E-state index in [-0.39, 0.29) is 5.41 Å². The number of fused-ring (bicyclic) bond motifs is 1. The molecular formula is C27H36N2. The lowest BCUT2D eigenvalue weighted by molar-refractivity contribution is 0.587. The zero-order chi connectivity index (χ0) is 20.2. The van der Waals surface area contributed by atoms with Crippen LogP contribution in [0.15, 0.2) is 24.3 Å². The Balaban J connectivity index is 1.69. The van der Waals surface area contributed by atoms with Gasteiger partial charge in [0.25, 0.3) is 0 Å². The SMILES string of the molecule is CCc1ccc(C(C)(C)c2ccc3c4c2CCCN4CCC3)c2c1N(C)CCC2. The summed E-state index contributed by atoms with van der Waals surface area (Å²) in [5.41, 5.74) is 12.7.